The summed E-state index contributed by atoms with van der Waals surface area (Å²) in [6.45, 7) is 1.82. The number of rotatable bonds is 1. The molecule has 0 rings (SSSR count). The van der Waals surface area contributed by atoms with Gasteiger partial charge in [0, 0.05) is 6.21 Å². The number of allylic oxidation sites excluding steroid dienone is 1. The van der Waals surface area contributed by atoms with Gasteiger partial charge in [-0.25, -0.2) is 0 Å². The number of nitrogens with one attached hydrogen (secondary N) is 1. The Labute approximate surface area is 43.0 Å². The largest absolute Gasteiger partial charge is 0.308 e. The van der Waals surface area contributed by atoms with Crippen LogP contribution in [-0.2, 0) is 0 Å². The molecule has 0 aliphatic rings. The highest BCUT2D eigenvalue weighted by Crippen LogP contribution is 1.86. The molecular weight excluding hydrogens is 94.1 g/mol. The van der Waals surface area contributed by atoms with Crippen LogP contribution in [0.3, 0.4) is 0 Å². The third kappa shape index (κ3) is 2.03. The van der Waals surface area contributed by atoms with Gasteiger partial charge in [-0.2, -0.15) is 12.6 Å². The molecule has 0 aromatic carbocycles. The van der Waals surface area contributed by atoms with E-state index in [1.807, 2.05) is 6.92 Å². The van der Waals surface area contributed by atoms with Crippen LogP contribution in [0.4, 0.5) is 0 Å². The number of hydrogen-bond donors (Lipinski definition) is 2. The molecule has 1 N–H and O–H groups in total. The lowest BCUT2D eigenvalue weighted by molar-refractivity contribution is 1.52. The Hall–Kier alpha value is -0.240. The van der Waals surface area contributed by atoms with Gasteiger partial charge >= 0.3 is 0 Å². The quantitative estimate of drug-likeness (QED) is 0.369. The molecule has 0 bridgehead atoms. The highest BCUT2D eigenvalue weighted by Gasteiger charge is 1.69. The molecule has 34 valence electrons. The molecule has 2 heteroatoms. The lowest BCUT2D eigenvalue weighted by Crippen LogP contribution is -1.66. The van der Waals surface area contributed by atoms with Crippen molar-refractivity contribution in [3.8, 4) is 0 Å². The first-order valence-corrected chi connectivity index (χ1v) is 2.14. The minimum atomic E-state index is 0.873. The number of hydrogen-bond acceptors (Lipinski definition) is 2. The molecule has 6 heavy (non-hydrogen) atoms. The summed E-state index contributed by atoms with van der Waals surface area (Å²) in [4.78, 5) is 0. The molecule has 0 aliphatic heterocycles. The molecule has 0 spiro atoms. The van der Waals surface area contributed by atoms with Gasteiger partial charge in [-0.1, -0.05) is 0 Å². The summed E-state index contributed by atoms with van der Waals surface area (Å²) in [5.41, 5.74) is 0.873. The smallest absolute Gasteiger partial charge is 0.0212 e. The zero-order chi connectivity index (χ0) is 4.99. The molecule has 0 atom stereocenters. The molecule has 1 nitrogen and oxygen atoms in total. The van der Waals surface area contributed by atoms with Gasteiger partial charge in [-0.3, -0.25) is 0 Å². The Morgan fingerprint density at radius 1 is 1.83 bits per heavy atom. The van der Waals surface area contributed by atoms with E-state index in [1.54, 1.807) is 5.41 Å². The first kappa shape index (κ1) is 5.76. The Morgan fingerprint density at radius 3 is 2.33 bits per heavy atom. The van der Waals surface area contributed by atoms with Crippen molar-refractivity contribution >= 4 is 18.8 Å². The molecular formula is C4H7NS. The first-order valence-electron chi connectivity index (χ1n) is 1.62. The van der Waals surface area contributed by atoms with E-state index in [0.29, 0.717) is 0 Å². The van der Waals surface area contributed by atoms with E-state index in [1.165, 1.54) is 6.21 Å². The molecule has 0 aromatic heterocycles. The summed E-state index contributed by atoms with van der Waals surface area (Å²) in [6.07, 6.45) is 1.26. The van der Waals surface area contributed by atoms with Crippen LogP contribution < -0.4 is 0 Å². The van der Waals surface area contributed by atoms with E-state index in [9.17, 15) is 0 Å². The first-order chi connectivity index (χ1) is 2.81. The van der Waals surface area contributed by atoms with Gasteiger partial charge in [0.25, 0.3) is 0 Å². The van der Waals surface area contributed by atoms with E-state index in [0.717, 1.165) is 5.57 Å². The topological polar surface area (TPSA) is 23.9 Å². The summed E-state index contributed by atoms with van der Waals surface area (Å²) < 4.78 is 0. The molecule has 0 aliphatic carbocycles. The normalized spacial score (nSPS) is 11.3. The molecule has 0 amide bonds. The Kier molecular flexibility index (Phi) is 2.85. The van der Waals surface area contributed by atoms with Gasteiger partial charge in [0.1, 0.15) is 0 Å². The molecule has 0 unspecified atom stereocenters. The summed E-state index contributed by atoms with van der Waals surface area (Å²) in [5.74, 6) is 0. The van der Waals surface area contributed by atoms with Crippen molar-refractivity contribution in [1.29, 1.82) is 5.41 Å². The Bertz CT molecular complexity index is 75.6. The van der Waals surface area contributed by atoms with Crippen LogP contribution in [0.1, 0.15) is 6.92 Å². The summed E-state index contributed by atoms with van der Waals surface area (Å²) in [7, 11) is 0. The monoisotopic (exact) mass is 101 g/mol. The van der Waals surface area contributed by atoms with Crippen molar-refractivity contribution in [1.82, 2.24) is 0 Å². The highest BCUT2D eigenvalue weighted by molar-refractivity contribution is 7.83. The zero-order valence-electron chi connectivity index (χ0n) is 3.60. The van der Waals surface area contributed by atoms with E-state index >= 15 is 0 Å². The van der Waals surface area contributed by atoms with Crippen LogP contribution in [0.25, 0.3) is 0 Å². The maximum absolute atomic E-state index is 6.57. The molecule has 0 saturated heterocycles. The van der Waals surface area contributed by atoms with Crippen LogP contribution >= 0.6 is 12.6 Å². The Balaban J connectivity index is 3.50. The summed E-state index contributed by atoms with van der Waals surface area (Å²) in [5, 5.41) is 8.16. The average molecular weight is 101 g/mol. The van der Waals surface area contributed by atoms with E-state index in [4.69, 9.17) is 5.41 Å². The molecule has 0 fully saturated rings. The van der Waals surface area contributed by atoms with Gasteiger partial charge < -0.3 is 5.41 Å². The minimum Gasteiger partial charge on any atom is -0.308 e. The third-order valence-corrected chi connectivity index (χ3v) is 0.839. The number of thiol groups is 1. The second kappa shape index (κ2) is 2.97. The van der Waals surface area contributed by atoms with Crippen molar-refractivity contribution < 1.29 is 0 Å². The molecule has 0 aromatic rings. The van der Waals surface area contributed by atoms with Gasteiger partial charge in [0.05, 0.1) is 0 Å². The van der Waals surface area contributed by atoms with Crippen molar-refractivity contribution in [3.63, 3.8) is 0 Å². The summed E-state index contributed by atoms with van der Waals surface area (Å²) in [6, 6.07) is 0. The van der Waals surface area contributed by atoms with Gasteiger partial charge in [-0.15, -0.1) is 0 Å². The third-order valence-electron chi connectivity index (χ3n) is 0.431. The van der Waals surface area contributed by atoms with Crippen LogP contribution in [-0.4, -0.2) is 6.21 Å². The lowest BCUT2D eigenvalue weighted by Gasteiger charge is -1.76. The SMILES string of the molecule is C/C(C=N)=C/S. The van der Waals surface area contributed by atoms with E-state index < -0.39 is 0 Å². The van der Waals surface area contributed by atoms with Crippen LogP contribution in [0.5, 0.6) is 0 Å². The van der Waals surface area contributed by atoms with Gasteiger partial charge in [0.15, 0.2) is 0 Å². The highest BCUT2D eigenvalue weighted by atomic mass is 32.1. The minimum absolute atomic E-state index is 0.873. The lowest BCUT2D eigenvalue weighted by atomic mass is 10.4. The molecule has 0 saturated carbocycles. The van der Waals surface area contributed by atoms with Crippen molar-refractivity contribution in [2.75, 3.05) is 0 Å². The maximum atomic E-state index is 6.57. The predicted octanol–water partition coefficient (Wildman–Crippen LogP) is 1.47. The van der Waals surface area contributed by atoms with Crippen LogP contribution in [0, 0.1) is 5.41 Å². The van der Waals surface area contributed by atoms with Crippen LogP contribution in [0.15, 0.2) is 11.0 Å². The predicted molar refractivity (Wildman–Crippen MR) is 31.5 cm³/mol. The van der Waals surface area contributed by atoms with Crippen molar-refractivity contribution in [3.05, 3.63) is 11.0 Å². The van der Waals surface area contributed by atoms with Crippen molar-refractivity contribution in [2.45, 2.75) is 6.92 Å². The van der Waals surface area contributed by atoms with Gasteiger partial charge in [-0.05, 0) is 17.9 Å². The molecule has 0 heterocycles. The fraction of sp³-hybridized carbons (Fsp3) is 0.250. The fourth-order valence-electron chi connectivity index (χ4n) is 0.0373. The van der Waals surface area contributed by atoms with Gasteiger partial charge in [0.2, 0.25) is 0 Å². The average Bonchev–Trinajstić information content (AvgIpc) is 1.65. The van der Waals surface area contributed by atoms with E-state index in [-0.39, 0.29) is 0 Å². The molecule has 0 radical (unpaired) electrons. The Morgan fingerprint density at radius 2 is 2.33 bits per heavy atom. The van der Waals surface area contributed by atoms with E-state index in [2.05, 4.69) is 12.6 Å². The standard InChI is InChI=1S/C4H7NS/c1-4(2-5)3-6/h2-3,5-6H,1H3/b4-3-,5-2?. The second-order valence-corrected chi connectivity index (χ2v) is 1.28. The maximum Gasteiger partial charge on any atom is 0.0212 e. The summed E-state index contributed by atoms with van der Waals surface area (Å²) >= 11 is 3.78. The van der Waals surface area contributed by atoms with Crippen LogP contribution in [0.2, 0.25) is 0 Å². The fourth-order valence-corrected chi connectivity index (χ4v) is 0.112. The van der Waals surface area contributed by atoms with Crippen molar-refractivity contribution in [2.24, 2.45) is 0 Å². The second-order valence-electron chi connectivity index (χ2n) is 1.02. The zero-order valence-corrected chi connectivity index (χ0v) is 4.50.